The molecule has 29 heavy (non-hydrogen) atoms. The van der Waals surface area contributed by atoms with Crippen molar-refractivity contribution in [3.63, 3.8) is 0 Å². The number of nitrogens with one attached hydrogen (secondary N) is 1. The second kappa shape index (κ2) is 21.8. The van der Waals surface area contributed by atoms with Gasteiger partial charge in [0.15, 0.2) is 0 Å². The van der Waals surface area contributed by atoms with Gasteiger partial charge >= 0.3 is 64.2 Å². The summed E-state index contributed by atoms with van der Waals surface area (Å²) in [7, 11) is 0. The van der Waals surface area contributed by atoms with Gasteiger partial charge in [-0.05, 0) is 38.0 Å². The van der Waals surface area contributed by atoms with Crippen molar-refractivity contribution in [2.45, 2.75) is 98.4 Å². The van der Waals surface area contributed by atoms with Gasteiger partial charge < -0.3 is 25.4 Å². The summed E-state index contributed by atoms with van der Waals surface area (Å²) < 4.78 is 4.84. The predicted octanol–water partition coefficient (Wildman–Crippen LogP) is -1.22. The van der Waals surface area contributed by atoms with Gasteiger partial charge in [-0.1, -0.05) is 41.0 Å². The minimum atomic E-state index is -0.501. The van der Waals surface area contributed by atoms with Gasteiger partial charge in [0, 0.05) is 19.4 Å². The van der Waals surface area contributed by atoms with Crippen LogP contribution < -0.4 is 68.6 Å². The first-order valence-electron chi connectivity index (χ1n) is 10.4. The van der Waals surface area contributed by atoms with Crippen LogP contribution in [0.2, 0.25) is 0 Å². The van der Waals surface area contributed by atoms with Crippen molar-refractivity contribution in [2.75, 3.05) is 13.2 Å². The van der Waals surface area contributed by atoms with Crippen LogP contribution in [0.1, 0.15) is 80.1 Å². The number of hydrogen-bond donors (Lipinski definition) is 3. The molecule has 0 bridgehead atoms. The van der Waals surface area contributed by atoms with Gasteiger partial charge in [-0.3, -0.25) is 9.59 Å². The third-order valence-electron chi connectivity index (χ3n) is 4.09. The Labute approximate surface area is 226 Å². The molecule has 0 aromatic heterocycles. The maximum Gasteiger partial charge on any atom is 1.00 e. The van der Waals surface area contributed by atoms with Gasteiger partial charge in [0.2, 0.25) is 5.91 Å². The van der Waals surface area contributed by atoms with Crippen LogP contribution in [0.3, 0.4) is 0 Å². The Morgan fingerprint density at radius 1 is 1.07 bits per heavy atom. The van der Waals surface area contributed by atoms with E-state index in [0.29, 0.717) is 37.6 Å². The summed E-state index contributed by atoms with van der Waals surface area (Å²) >= 11 is 0. The van der Waals surface area contributed by atoms with E-state index in [1.807, 2.05) is 27.7 Å². The Morgan fingerprint density at radius 3 is 2.10 bits per heavy atom. The fourth-order valence-corrected chi connectivity index (χ4v) is 2.41. The number of esters is 1. The minimum Gasteiger partial charge on any atom is -0.852 e. The third kappa shape index (κ3) is 24.8. The molecule has 0 heterocycles. The van der Waals surface area contributed by atoms with E-state index in [1.54, 1.807) is 13.8 Å². The molecule has 0 saturated carbocycles. The molecule has 0 spiro atoms. The Morgan fingerprint density at radius 2 is 1.66 bits per heavy atom. The van der Waals surface area contributed by atoms with Gasteiger partial charge in [-0.25, -0.2) is 0 Å². The normalized spacial score (nSPS) is 14.6. The van der Waals surface area contributed by atoms with Crippen LogP contribution in [0.4, 0.5) is 0 Å². The molecular weight excluding hydrogens is 448 g/mol. The molecule has 4 unspecified atom stereocenters. The molecule has 0 aromatic carbocycles. The zero-order valence-electron chi connectivity index (χ0n) is 19.6. The molecular formula is C21H42NO6Rb. The first-order chi connectivity index (χ1) is 13.0. The van der Waals surface area contributed by atoms with Crippen molar-refractivity contribution < 1.29 is 87.8 Å². The van der Waals surface area contributed by atoms with Gasteiger partial charge in [-0.2, -0.15) is 0 Å². The van der Waals surface area contributed by atoms with Crippen molar-refractivity contribution >= 4 is 11.9 Å². The number of ether oxygens (including phenoxy) is 1. The van der Waals surface area contributed by atoms with E-state index in [1.165, 1.54) is 0 Å². The van der Waals surface area contributed by atoms with E-state index in [-0.39, 0.29) is 89.2 Å². The molecule has 0 aromatic rings. The Bertz CT molecular complexity index is 407. The average Bonchev–Trinajstić information content (AvgIpc) is 2.59. The number of carbonyl (C=O) groups is 2. The second-order valence-corrected chi connectivity index (χ2v) is 7.89. The smallest absolute Gasteiger partial charge is 0.852 e. The van der Waals surface area contributed by atoms with Crippen LogP contribution in [0.25, 0.3) is 0 Å². The predicted molar refractivity (Wildman–Crippen MR) is 108 cm³/mol. The number of aliphatic hydroxyl groups excluding tert-OH is 2. The first-order valence-corrected chi connectivity index (χ1v) is 10.4. The summed E-state index contributed by atoms with van der Waals surface area (Å²) in [4.78, 5) is 22.3. The van der Waals surface area contributed by atoms with Gasteiger partial charge in [0.05, 0.1) is 12.7 Å². The van der Waals surface area contributed by atoms with E-state index in [0.717, 1.165) is 12.8 Å². The van der Waals surface area contributed by atoms with E-state index >= 15 is 0 Å². The molecule has 0 rings (SSSR count). The van der Waals surface area contributed by atoms with Gasteiger partial charge in [-0.15, -0.1) is 6.10 Å². The summed E-state index contributed by atoms with van der Waals surface area (Å²) in [5, 5.41) is 31.7. The second-order valence-electron chi connectivity index (χ2n) is 7.89. The van der Waals surface area contributed by atoms with E-state index < -0.39 is 12.2 Å². The molecule has 0 radical (unpaired) electrons. The summed E-state index contributed by atoms with van der Waals surface area (Å²) in [6.45, 7) is 11.8. The molecule has 0 aliphatic heterocycles. The van der Waals surface area contributed by atoms with Gasteiger partial charge in [0.25, 0.3) is 0 Å². The van der Waals surface area contributed by atoms with E-state index in [2.05, 4.69) is 5.32 Å². The van der Waals surface area contributed by atoms with Crippen molar-refractivity contribution in [3.05, 3.63) is 0 Å². The summed E-state index contributed by atoms with van der Waals surface area (Å²) in [5.74, 6) is 0.235. The molecule has 0 aliphatic rings. The molecule has 168 valence electrons. The zero-order chi connectivity index (χ0) is 22.1. The van der Waals surface area contributed by atoms with Gasteiger partial charge in [0.1, 0.15) is 6.10 Å². The molecule has 1 amide bonds. The standard InChI is InChI=1S/C11H21NO4.C10H21O2.Rb/c1-3-7-12-10(14)5-4-6-11(15)16-9(2)8-13;1-7(2)10(12)6-8(3)5-9(4)11;/h9,13H,3-8H2,1-2H3,(H,12,14);7-10,12H,5-6H2,1-4H3;/q;-1;+1. The summed E-state index contributed by atoms with van der Waals surface area (Å²) in [5.41, 5.74) is 0. The van der Waals surface area contributed by atoms with Crippen LogP contribution in [0.15, 0.2) is 0 Å². The molecule has 0 fully saturated rings. The van der Waals surface area contributed by atoms with Crippen molar-refractivity contribution in [1.82, 2.24) is 5.32 Å². The average molecular weight is 490 g/mol. The molecule has 7 nitrogen and oxygen atoms in total. The van der Waals surface area contributed by atoms with Crippen molar-refractivity contribution in [1.29, 1.82) is 0 Å². The topological polar surface area (TPSA) is 119 Å². The molecule has 3 N–H and O–H groups in total. The Balaban J connectivity index is -0.000000468. The van der Waals surface area contributed by atoms with Crippen molar-refractivity contribution in [3.8, 4) is 0 Å². The van der Waals surface area contributed by atoms with Crippen LogP contribution >= 0.6 is 0 Å². The fourth-order valence-electron chi connectivity index (χ4n) is 2.41. The van der Waals surface area contributed by atoms with E-state index in [4.69, 9.17) is 9.84 Å². The Hall–Kier alpha value is 0.625. The largest absolute Gasteiger partial charge is 1.00 e. The summed E-state index contributed by atoms with van der Waals surface area (Å²) in [6.07, 6.45) is 2.13. The maximum absolute atomic E-state index is 11.2. The first kappa shape index (κ1) is 34.2. The SMILES string of the molecule is CC([O-])CC(C)CC(O)C(C)C.CCCNC(=O)CCCC(=O)OC(C)CO.[Rb+]. The molecule has 0 aliphatic carbocycles. The number of aliphatic hydroxyl groups is 2. The van der Waals surface area contributed by atoms with Crippen LogP contribution in [0.5, 0.6) is 0 Å². The number of carbonyl (C=O) groups excluding carboxylic acids is 2. The van der Waals surface area contributed by atoms with Crippen LogP contribution in [-0.4, -0.2) is 53.6 Å². The maximum atomic E-state index is 11.2. The van der Waals surface area contributed by atoms with Crippen molar-refractivity contribution in [2.24, 2.45) is 11.8 Å². The third-order valence-corrected chi connectivity index (χ3v) is 4.09. The minimum absolute atomic E-state index is 0. The monoisotopic (exact) mass is 489 g/mol. The van der Waals surface area contributed by atoms with Crippen LogP contribution in [0, 0.1) is 11.8 Å². The number of amides is 1. The zero-order valence-corrected chi connectivity index (χ0v) is 24.5. The molecule has 0 saturated heterocycles. The summed E-state index contributed by atoms with van der Waals surface area (Å²) in [6, 6.07) is 0. The Kier molecular flexibility index (Phi) is 25.8. The number of hydrogen-bond acceptors (Lipinski definition) is 6. The van der Waals surface area contributed by atoms with E-state index in [9.17, 15) is 19.8 Å². The van der Waals surface area contributed by atoms with Crippen LogP contribution in [-0.2, 0) is 14.3 Å². The molecule has 4 atom stereocenters. The quantitative estimate of drug-likeness (QED) is 0.279. The molecule has 8 heteroatoms. The number of rotatable bonds is 13. The fraction of sp³-hybridized carbons (Fsp3) is 0.905.